The van der Waals surface area contributed by atoms with E-state index in [0.717, 1.165) is 18.2 Å². The normalized spacial score (nSPS) is 21.3. The lowest BCUT2D eigenvalue weighted by Gasteiger charge is -2.37. The van der Waals surface area contributed by atoms with Crippen molar-refractivity contribution in [2.75, 3.05) is 26.2 Å². The van der Waals surface area contributed by atoms with Gasteiger partial charge in [-0.05, 0) is 26.8 Å². The molecule has 0 aliphatic carbocycles. The fourth-order valence-corrected chi connectivity index (χ4v) is 3.75. The Balaban J connectivity index is 1.64. The highest BCUT2D eigenvalue weighted by molar-refractivity contribution is 5.94. The van der Waals surface area contributed by atoms with Crippen molar-refractivity contribution >= 4 is 23.4 Å². The molecule has 3 rings (SSSR count). The van der Waals surface area contributed by atoms with Crippen LogP contribution in [-0.2, 0) is 9.47 Å². The third-order valence-corrected chi connectivity index (χ3v) is 5.11. The topological polar surface area (TPSA) is 145 Å². The Labute approximate surface area is 178 Å². The van der Waals surface area contributed by atoms with Gasteiger partial charge in [0.15, 0.2) is 0 Å². The number of benzene rings is 1. The predicted molar refractivity (Wildman–Crippen MR) is 107 cm³/mol. The van der Waals surface area contributed by atoms with Gasteiger partial charge in [-0.25, -0.2) is 9.59 Å². The summed E-state index contributed by atoms with van der Waals surface area (Å²) < 4.78 is 10.9. The fraction of sp³-hybridized carbons (Fsp3) is 0.579. The number of ether oxygens (including phenoxy) is 2. The molecule has 168 valence electrons. The van der Waals surface area contributed by atoms with Crippen LogP contribution in [0.4, 0.5) is 16.2 Å². The zero-order chi connectivity index (χ0) is 22.9. The molecule has 2 aliphatic heterocycles. The number of hydrogen-bond acceptors (Lipinski definition) is 9. The van der Waals surface area contributed by atoms with Crippen molar-refractivity contribution in [3.8, 4) is 0 Å². The maximum Gasteiger partial charge on any atom is 0.410 e. The molecule has 2 heterocycles. The number of piperazine rings is 1. The maximum atomic E-state index is 12.5. The maximum absolute atomic E-state index is 12.5. The van der Waals surface area contributed by atoms with E-state index in [4.69, 9.17) is 9.47 Å². The number of rotatable bonds is 4. The highest BCUT2D eigenvalue weighted by Gasteiger charge is 2.40. The van der Waals surface area contributed by atoms with E-state index in [9.17, 15) is 29.8 Å². The number of amides is 1. The van der Waals surface area contributed by atoms with Crippen molar-refractivity contribution < 1.29 is 28.9 Å². The monoisotopic (exact) mass is 436 g/mol. The molecule has 12 nitrogen and oxygen atoms in total. The molecule has 2 fully saturated rings. The van der Waals surface area contributed by atoms with Gasteiger partial charge >= 0.3 is 12.1 Å². The highest BCUT2D eigenvalue weighted by atomic mass is 16.6. The molecule has 0 radical (unpaired) electrons. The van der Waals surface area contributed by atoms with Crippen LogP contribution in [0.2, 0.25) is 0 Å². The summed E-state index contributed by atoms with van der Waals surface area (Å²) in [7, 11) is 0. The number of nitrogens with zero attached hydrogens (tertiary/aromatic N) is 4. The van der Waals surface area contributed by atoms with Crippen LogP contribution in [0, 0.1) is 20.2 Å². The van der Waals surface area contributed by atoms with Crippen LogP contribution in [0.5, 0.6) is 0 Å². The zero-order valence-electron chi connectivity index (χ0n) is 17.5. The van der Waals surface area contributed by atoms with Crippen molar-refractivity contribution in [2.24, 2.45) is 0 Å². The predicted octanol–water partition coefficient (Wildman–Crippen LogP) is 2.35. The van der Waals surface area contributed by atoms with Gasteiger partial charge in [0.05, 0.1) is 15.9 Å². The Kier molecular flexibility index (Phi) is 6.11. The van der Waals surface area contributed by atoms with Crippen LogP contribution in [0.1, 0.15) is 37.6 Å². The number of fused-ring (bicyclic) bond motifs is 1. The Morgan fingerprint density at radius 1 is 1.10 bits per heavy atom. The molecule has 31 heavy (non-hydrogen) atoms. The van der Waals surface area contributed by atoms with E-state index >= 15 is 0 Å². The van der Waals surface area contributed by atoms with Crippen molar-refractivity contribution in [3.63, 3.8) is 0 Å². The standard InChI is InChI=1S/C19H24N4O8/c1-19(2,3)31-18(25)21-7-6-20-11-14(8-13(20)10-21)30-17(24)15-5-4-12(22(26)27)9-16(15)23(28)29/h4-5,9,13-14H,6-8,10-11H2,1-3H3/t13-,14-/m0/s1. The van der Waals surface area contributed by atoms with E-state index in [2.05, 4.69) is 4.90 Å². The van der Waals surface area contributed by atoms with Crippen molar-refractivity contribution in [3.05, 3.63) is 44.0 Å². The summed E-state index contributed by atoms with van der Waals surface area (Å²) in [6.07, 6.45) is -0.439. The molecule has 0 saturated carbocycles. The summed E-state index contributed by atoms with van der Waals surface area (Å²) in [5, 5.41) is 22.1. The van der Waals surface area contributed by atoms with Gasteiger partial charge in [0.1, 0.15) is 17.3 Å². The minimum absolute atomic E-state index is 0.0223. The average Bonchev–Trinajstić information content (AvgIpc) is 3.07. The quantitative estimate of drug-likeness (QED) is 0.394. The van der Waals surface area contributed by atoms with Crippen molar-refractivity contribution in [1.82, 2.24) is 9.80 Å². The molecule has 0 unspecified atom stereocenters. The fourth-order valence-electron chi connectivity index (χ4n) is 3.75. The summed E-state index contributed by atoms with van der Waals surface area (Å²) in [5.74, 6) is -0.907. The van der Waals surface area contributed by atoms with Crippen LogP contribution in [-0.4, -0.2) is 75.6 Å². The number of carbonyl (C=O) groups excluding carboxylic acids is 2. The van der Waals surface area contributed by atoms with Crippen LogP contribution in [0.3, 0.4) is 0 Å². The summed E-state index contributed by atoms with van der Waals surface area (Å²) in [5.41, 5.74) is -2.09. The second-order valence-electron chi connectivity index (χ2n) is 8.55. The molecule has 2 atom stereocenters. The summed E-state index contributed by atoms with van der Waals surface area (Å²) >= 11 is 0. The van der Waals surface area contributed by atoms with Crippen molar-refractivity contribution in [1.29, 1.82) is 0 Å². The molecule has 0 aromatic heterocycles. The van der Waals surface area contributed by atoms with E-state index in [0.29, 0.717) is 32.6 Å². The first kappa shape index (κ1) is 22.4. The van der Waals surface area contributed by atoms with E-state index in [1.807, 2.05) is 0 Å². The van der Waals surface area contributed by atoms with Crippen LogP contribution < -0.4 is 0 Å². The number of non-ortho nitro benzene ring substituents is 1. The third-order valence-electron chi connectivity index (χ3n) is 5.11. The molecule has 1 aromatic rings. The molecule has 12 heteroatoms. The van der Waals surface area contributed by atoms with Crippen LogP contribution in [0.15, 0.2) is 18.2 Å². The van der Waals surface area contributed by atoms with E-state index in [1.165, 1.54) is 0 Å². The summed E-state index contributed by atoms with van der Waals surface area (Å²) in [6, 6.07) is 2.78. The average molecular weight is 436 g/mol. The number of carbonyl (C=O) groups is 2. The highest BCUT2D eigenvalue weighted by Crippen LogP contribution is 2.29. The number of hydrogen-bond donors (Lipinski definition) is 0. The Morgan fingerprint density at radius 2 is 1.81 bits per heavy atom. The van der Waals surface area contributed by atoms with Gasteiger partial charge in [-0.15, -0.1) is 0 Å². The summed E-state index contributed by atoms with van der Waals surface area (Å²) in [6.45, 7) is 7.34. The molecule has 1 amide bonds. The Hall–Kier alpha value is -3.28. The zero-order valence-corrected chi connectivity index (χ0v) is 17.5. The van der Waals surface area contributed by atoms with E-state index < -0.39 is 45.0 Å². The lowest BCUT2D eigenvalue weighted by molar-refractivity contribution is -0.394. The minimum Gasteiger partial charge on any atom is -0.457 e. The second-order valence-corrected chi connectivity index (χ2v) is 8.55. The van der Waals surface area contributed by atoms with Gasteiger partial charge in [0.25, 0.3) is 11.4 Å². The van der Waals surface area contributed by atoms with E-state index in [1.54, 1.807) is 25.7 Å². The first-order valence-corrected chi connectivity index (χ1v) is 9.80. The van der Waals surface area contributed by atoms with Gasteiger partial charge in [-0.3, -0.25) is 25.1 Å². The molecule has 1 aromatic carbocycles. The van der Waals surface area contributed by atoms with Gasteiger partial charge < -0.3 is 14.4 Å². The Morgan fingerprint density at radius 3 is 2.42 bits per heavy atom. The lowest BCUT2D eigenvalue weighted by atomic mass is 10.1. The third kappa shape index (κ3) is 5.26. The Bertz CT molecular complexity index is 913. The van der Waals surface area contributed by atoms with Crippen LogP contribution >= 0.6 is 0 Å². The lowest BCUT2D eigenvalue weighted by Crippen LogP contribution is -2.53. The molecular weight excluding hydrogens is 412 g/mol. The molecular formula is C19H24N4O8. The largest absolute Gasteiger partial charge is 0.457 e. The summed E-state index contributed by atoms with van der Waals surface area (Å²) in [4.78, 5) is 49.1. The first-order chi connectivity index (χ1) is 14.4. The molecule has 2 aliphatic rings. The first-order valence-electron chi connectivity index (χ1n) is 9.80. The number of nitro groups is 2. The minimum atomic E-state index is -0.907. The second kappa shape index (κ2) is 8.46. The smallest absolute Gasteiger partial charge is 0.410 e. The van der Waals surface area contributed by atoms with Gasteiger partial charge in [-0.1, -0.05) is 0 Å². The van der Waals surface area contributed by atoms with Gasteiger partial charge in [0.2, 0.25) is 0 Å². The molecule has 0 spiro atoms. The molecule has 0 N–H and O–H groups in total. The van der Waals surface area contributed by atoms with Crippen molar-refractivity contribution in [2.45, 2.75) is 44.9 Å². The van der Waals surface area contributed by atoms with Crippen LogP contribution in [0.25, 0.3) is 0 Å². The molecule has 0 bridgehead atoms. The molecule has 2 saturated heterocycles. The number of esters is 1. The number of nitro benzene ring substituents is 2. The van der Waals surface area contributed by atoms with Gasteiger partial charge in [0, 0.05) is 44.7 Å². The van der Waals surface area contributed by atoms with Gasteiger partial charge in [-0.2, -0.15) is 0 Å². The SMILES string of the molecule is CC(C)(C)OC(=O)N1CCN2C[C@@H](OC(=O)c3ccc([N+](=O)[O-])cc3[N+](=O)[O-])C[C@H]2C1. The van der Waals surface area contributed by atoms with E-state index in [-0.39, 0.29) is 11.6 Å².